The number of thioether (sulfide) groups is 1. The van der Waals surface area contributed by atoms with Crippen LogP contribution < -0.4 is 0 Å². The summed E-state index contributed by atoms with van der Waals surface area (Å²) >= 11 is 1.95. The minimum absolute atomic E-state index is 0.257. The van der Waals surface area contributed by atoms with Crippen molar-refractivity contribution in [2.45, 2.75) is 12.8 Å². The highest BCUT2D eigenvalue weighted by Gasteiger charge is 2.17. The number of para-hydroxylation sites is 1. The molecule has 1 aliphatic heterocycles. The zero-order chi connectivity index (χ0) is 13.1. The Hall–Kier alpha value is -1.42. The Labute approximate surface area is 117 Å². The molecule has 1 N–H and O–H groups in total. The van der Waals surface area contributed by atoms with Crippen molar-refractivity contribution in [1.29, 1.82) is 0 Å². The predicted octanol–water partition coefficient (Wildman–Crippen LogP) is 2.68. The van der Waals surface area contributed by atoms with Crippen LogP contribution in [0.3, 0.4) is 0 Å². The monoisotopic (exact) mass is 274 g/mol. The zero-order valence-electron chi connectivity index (χ0n) is 10.9. The third kappa shape index (κ3) is 2.78. The molecule has 19 heavy (non-hydrogen) atoms. The molecule has 0 radical (unpaired) electrons. The highest BCUT2D eigenvalue weighted by molar-refractivity contribution is 7.99. The van der Waals surface area contributed by atoms with Gasteiger partial charge in [-0.25, -0.2) is 0 Å². The highest BCUT2D eigenvalue weighted by atomic mass is 32.2. The van der Waals surface area contributed by atoms with Crippen molar-refractivity contribution in [3.8, 4) is 0 Å². The van der Waals surface area contributed by atoms with Gasteiger partial charge in [0.1, 0.15) is 0 Å². The van der Waals surface area contributed by atoms with Crippen molar-refractivity contribution in [3.05, 3.63) is 36.0 Å². The van der Waals surface area contributed by atoms with Gasteiger partial charge in [-0.2, -0.15) is 11.8 Å². The van der Waals surface area contributed by atoms with Crippen molar-refractivity contribution in [3.63, 3.8) is 0 Å². The molecule has 1 fully saturated rings. The van der Waals surface area contributed by atoms with Crippen LogP contribution >= 0.6 is 11.8 Å². The highest BCUT2D eigenvalue weighted by Crippen LogP contribution is 2.19. The third-order valence-electron chi connectivity index (χ3n) is 3.59. The van der Waals surface area contributed by atoms with Crippen LogP contribution in [0.25, 0.3) is 10.9 Å². The minimum Gasteiger partial charge on any atom is -0.361 e. The number of aromatic amines is 1. The molecule has 0 atom stereocenters. The van der Waals surface area contributed by atoms with Crippen LogP contribution in [0.1, 0.15) is 12.0 Å². The number of carbonyl (C=O) groups is 1. The van der Waals surface area contributed by atoms with Gasteiger partial charge in [0.2, 0.25) is 5.91 Å². The summed E-state index contributed by atoms with van der Waals surface area (Å²) in [5, 5.41) is 1.17. The van der Waals surface area contributed by atoms with E-state index in [0.29, 0.717) is 6.42 Å². The molecule has 0 spiro atoms. The molecule has 1 aromatic carbocycles. The van der Waals surface area contributed by atoms with E-state index >= 15 is 0 Å². The predicted molar refractivity (Wildman–Crippen MR) is 80.5 cm³/mol. The molecule has 1 saturated heterocycles. The molecule has 0 bridgehead atoms. The number of benzene rings is 1. The third-order valence-corrected chi connectivity index (χ3v) is 4.64. The van der Waals surface area contributed by atoms with Crippen molar-refractivity contribution < 1.29 is 4.79 Å². The van der Waals surface area contributed by atoms with Gasteiger partial charge in [0.25, 0.3) is 0 Å². The van der Waals surface area contributed by atoms with Crippen LogP contribution in [0, 0.1) is 0 Å². The Kier molecular flexibility index (Phi) is 3.78. The number of fused-ring (bicyclic) bond motifs is 1. The van der Waals surface area contributed by atoms with E-state index in [1.807, 2.05) is 41.1 Å². The van der Waals surface area contributed by atoms with Crippen LogP contribution in [0.15, 0.2) is 30.5 Å². The number of amides is 1. The number of hydrogen-bond donors (Lipinski definition) is 1. The molecule has 2 aromatic rings. The summed E-state index contributed by atoms with van der Waals surface area (Å²) in [6.45, 7) is 1.81. The molecule has 2 heterocycles. The molecule has 3 nitrogen and oxygen atoms in total. The first kappa shape index (κ1) is 12.6. The quantitative estimate of drug-likeness (QED) is 0.914. The first-order chi connectivity index (χ1) is 9.34. The summed E-state index contributed by atoms with van der Waals surface area (Å²) in [5.74, 6) is 2.50. The van der Waals surface area contributed by atoms with Crippen LogP contribution in [0.5, 0.6) is 0 Å². The molecule has 1 amide bonds. The van der Waals surface area contributed by atoms with E-state index < -0.39 is 0 Å². The smallest absolute Gasteiger partial charge is 0.227 e. The number of nitrogens with zero attached hydrogens (tertiary/aromatic N) is 1. The zero-order valence-corrected chi connectivity index (χ0v) is 11.7. The van der Waals surface area contributed by atoms with Crippen LogP contribution in [0.4, 0.5) is 0 Å². The Morgan fingerprint density at radius 3 is 3.11 bits per heavy atom. The molecule has 0 unspecified atom stereocenters. The minimum atomic E-state index is 0.257. The fourth-order valence-electron chi connectivity index (χ4n) is 2.55. The van der Waals surface area contributed by atoms with Gasteiger partial charge in [0, 0.05) is 35.9 Å². The summed E-state index contributed by atoms with van der Waals surface area (Å²) in [4.78, 5) is 17.6. The summed E-state index contributed by atoms with van der Waals surface area (Å²) in [6, 6.07) is 8.15. The second-order valence-corrected chi connectivity index (χ2v) is 6.11. The van der Waals surface area contributed by atoms with E-state index in [2.05, 4.69) is 11.1 Å². The number of rotatable bonds is 2. The molecule has 4 heteroatoms. The van der Waals surface area contributed by atoms with Crippen molar-refractivity contribution in [1.82, 2.24) is 9.88 Å². The second kappa shape index (κ2) is 5.70. The number of H-pyrrole nitrogens is 1. The standard InChI is InChI=1S/C15H18N2OS/c18-15(17-6-3-8-19-9-7-17)10-12-11-16-14-5-2-1-4-13(12)14/h1-2,4-5,11,16H,3,6-10H2. The maximum absolute atomic E-state index is 12.4. The number of aromatic nitrogens is 1. The van der Waals surface area contributed by atoms with Crippen molar-refractivity contribution in [2.24, 2.45) is 0 Å². The summed E-state index contributed by atoms with van der Waals surface area (Å²) in [7, 11) is 0. The maximum Gasteiger partial charge on any atom is 0.227 e. The number of nitrogens with one attached hydrogen (secondary N) is 1. The van der Waals surface area contributed by atoms with Crippen LogP contribution in [-0.4, -0.2) is 40.4 Å². The largest absolute Gasteiger partial charge is 0.361 e. The van der Waals surface area contributed by atoms with Gasteiger partial charge in [-0.1, -0.05) is 18.2 Å². The first-order valence-corrected chi connectivity index (χ1v) is 7.90. The van der Waals surface area contributed by atoms with Crippen molar-refractivity contribution in [2.75, 3.05) is 24.6 Å². The van der Waals surface area contributed by atoms with Gasteiger partial charge in [0.05, 0.1) is 6.42 Å². The second-order valence-electron chi connectivity index (χ2n) is 4.88. The average molecular weight is 274 g/mol. The maximum atomic E-state index is 12.4. The molecule has 3 rings (SSSR count). The lowest BCUT2D eigenvalue weighted by atomic mass is 10.1. The van der Waals surface area contributed by atoms with Gasteiger partial charge in [-0.3, -0.25) is 4.79 Å². The normalized spacial score (nSPS) is 16.5. The Bertz CT molecular complexity index is 570. The molecule has 1 aromatic heterocycles. The topological polar surface area (TPSA) is 36.1 Å². The lowest BCUT2D eigenvalue weighted by Gasteiger charge is -2.19. The summed E-state index contributed by atoms with van der Waals surface area (Å²) in [5.41, 5.74) is 2.22. The molecular formula is C15H18N2OS. The molecule has 1 aliphatic rings. The lowest BCUT2D eigenvalue weighted by Crippen LogP contribution is -2.34. The molecule has 0 saturated carbocycles. The van der Waals surface area contributed by atoms with E-state index in [-0.39, 0.29) is 5.91 Å². The Morgan fingerprint density at radius 2 is 2.16 bits per heavy atom. The SMILES string of the molecule is O=C(Cc1c[nH]c2ccccc12)N1CCCSCC1. The van der Waals surface area contributed by atoms with Crippen molar-refractivity contribution >= 4 is 28.6 Å². The van der Waals surface area contributed by atoms with Gasteiger partial charge in [0.15, 0.2) is 0 Å². The van der Waals surface area contributed by atoms with Crippen LogP contribution in [0.2, 0.25) is 0 Å². The first-order valence-electron chi connectivity index (χ1n) is 6.75. The van der Waals surface area contributed by atoms with E-state index in [1.54, 1.807) is 0 Å². The average Bonchev–Trinajstić information content (AvgIpc) is 2.66. The van der Waals surface area contributed by atoms with E-state index in [1.165, 1.54) is 11.1 Å². The van der Waals surface area contributed by atoms with Crippen LogP contribution in [-0.2, 0) is 11.2 Å². The molecular weight excluding hydrogens is 256 g/mol. The fourth-order valence-corrected chi connectivity index (χ4v) is 3.43. The number of hydrogen-bond acceptors (Lipinski definition) is 2. The van der Waals surface area contributed by atoms with Gasteiger partial charge in [-0.05, 0) is 23.8 Å². The Balaban J connectivity index is 1.75. The molecule has 100 valence electrons. The van der Waals surface area contributed by atoms with E-state index in [0.717, 1.165) is 36.3 Å². The van der Waals surface area contributed by atoms with E-state index in [9.17, 15) is 4.79 Å². The number of carbonyl (C=O) groups excluding carboxylic acids is 1. The van der Waals surface area contributed by atoms with E-state index in [4.69, 9.17) is 0 Å². The Morgan fingerprint density at radius 1 is 1.26 bits per heavy atom. The van der Waals surface area contributed by atoms with Gasteiger partial charge >= 0.3 is 0 Å². The lowest BCUT2D eigenvalue weighted by molar-refractivity contribution is -0.130. The summed E-state index contributed by atoms with van der Waals surface area (Å²) in [6.07, 6.45) is 3.59. The fraction of sp³-hybridized carbons (Fsp3) is 0.400. The summed E-state index contributed by atoms with van der Waals surface area (Å²) < 4.78 is 0. The van der Waals surface area contributed by atoms with Gasteiger partial charge in [-0.15, -0.1) is 0 Å². The molecule has 0 aliphatic carbocycles. The van der Waals surface area contributed by atoms with Gasteiger partial charge < -0.3 is 9.88 Å².